The molecule has 0 unspecified atom stereocenters. The fraction of sp³-hybridized carbons (Fsp3) is 0.262. The third-order valence-electron chi connectivity index (χ3n) is 14.7. The summed E-state index contributed by atoms with van der Waals surface area (Å²) in [5.74, 6) is 1.96. The van der Waals surface area contributed by atoms with Gasteiger partial charge in [0.05, 0.1) is 11.0 Å². The van der Waals surface area contributed by atoms with Crippen LogP contribution in [-0.2, 0) is 21.7 Å². The molecular weight excluding hydrogens is 814 g/mol. The lowest BCUT2D eigenvalue weighted by molar-refractivity contribution is 0.572. The van der Waals surface area contributed by atoms with E-state index in [-0.39, 0.29) is 28.4 Å². The van der Waals surface area contributed by atoms with Gasteiger partial charge in [0.2, 0.25) is 0 Å². The van der Waals surface area contributed by atoms with Crippen molar-refractivity contribution in [2.45, 2.75) is 105 Å². The molecule has 0 aliphatic carbocycles. The lowest BCUT2D eigenvalue weighted by Crippen LogP contribution is -2.59. The molecule has 0 saturated heterocycles. The van der Waals surface area contributed by atoms with Crippen LogP contribution < -0.4 is 16.4 Å². The van der Waals surface area contributed by atoms with Crippen LogP contribution in [0.5, 0.6) is 0 Å². The molecule has 5 heterocycles. The predicted octanol–water partition coefficient (Wildman–Crippen LogP) is 13.4. The molecule has 5 nitrogen and oxygen atoms in total. The number of rotatable bonds is 3. The van der Waals surface area contributed by atoms with Crippen LogP contribution in [0.4, 0.5) is 0 Å². The molecule has 0 bridgehead atoms. The van der Waals surface area contributed by atoms with E-state index < -0.39 is 0 Å². The number of fused-ring (bicyclic) bond motifs is 10. The molecule has 0 amide bonds. The van der Waals surface area contributed by atoms with Crippen molar-refractivity contribution in [1.29, 1.82) is 0 Å². The highest BCUT2D eigenvalue weighted by Gasteiger charge is 2.42. The second-order valence-corrected chi connectivity index (χ2v) is 23.4. The van der Waals surface area contributed by atoms with E-state index in [2.05, 4.69) is 214 Å². The van der Waals surface area contributed by atoms with Crippen molar-refractivity contribution in [3.63, 3.8) is 0 Å². The Labute approximate surface area is 395 Å². The summed E-state index contributed by atoms with van der Waals surface area (Å²) in [5.41, 5.74) is 19.4. The van der Waals surface area contributed by atoms with Gasteiger partial charge < -0.3 is 9.13 Å². The normalized spacial score (nSPS) is 13.6. The minimum Gasteiger partial charge on any atom is -0.310 e. The first-order valence-electron chi connectivity index (χ1n) is 24.1. The molecule has 0 radical (unpaired) electrons. The van der Waals surface area contributed by atoms with Gasteiger partial charge in [0.1, 0.15) is 0 Å². The molecule has 0 fully saturated rings. The molecular formula is C61H58BN5. The van der Waals surface area contributed by atoms with Gasteiger partial charge in [0.15, 0.2) is 17.5 Å². The van der Waals surface area contributed by atoms with Gasteiger partial charge in [-0.3, -0.25) is 0 Å². The van der Waals surface area contributed by atoms with Crippen LogP contribution in [-0.4, -0.2) is 30.8 Å². The lowest BCUT2D eigenvalue weighted by Gasteiger charge is -2.34. The van der Waals surface area contributed by atoms with Gasteiger partial charge in [0, 0.05) is 60.6 Å². The summed E-state index contributed by atoms with van der Waals surface area (Å²) in [7, 11) is 0. The summed E-state index contributed by atoms with van der Waals surface area (Å²) in [5, 5.41) is 5.27. The van der Waals surface area contributed by atoms with Gasteiger partial charge in [0.25, 0.3) is 6.71 Å². The molecule has 3 aromatic heterocycles. The highest BCUT2D eigenvalue weighted by atomic mass is 15.1. The van der Waals surface area contributed by atoms with Crippen molar-refractivity contribution in [3.8, 4) is 45.5 Å². The summed E-state index contributed by atoms with van der Waals surface area (Å²) in [6.07, 6.45) is 0. The number of para-hydroxylation sites is 2. The van der Waals surface area contributed by atoms with E-state index in [1.54, 1.807) is 0 Å². The van der Waals surface area contributed by atoms with Crippen molar-refractivity contribution < 1.29 is 0 Å². The zero-order chi connectivity index (χ0) is 46.7. The summed E-state index contributed by atoms with van der Waals surface area (Å²) >= 11 is 0. The first kappa shape index (κ1) is 41.6. The molecule has 2 aliphatic heterocycles. The Morgan fingerprint density at radius 3 is 1.15 bits per heavy atom. The largest absolute Gasteiger partial charge is 0.310 e. The van der Waals surface area contributed by atoms with Crippen molar-refractivity contribution >= 4 is 66.7 Å². The van der Waals surface area contributed by atoms with Crippen molar-refractivity contribution in [1.82, 2.24) is 24.1 Å². The maximum absolute atomic E-state index is 5.39. The van der Waals surface area contributed by atoms with Crippen molar-refractivity contribution in [2.24, 2.45) is 0 Å². The van der Waals surface area contributed by atoms with Crippen LogP contribution in [0.25, 0.3) is 89.2 Å². The predicted molar refractivity (Wildman–Crippen MR) is 284 cm³/mol. The average Bonchev–Trinajstić information content (AvgIpc) is 3.82. The minimum absolute atomic E-state index is 0.00135. The number of benzene rings is 7. The van der Waals surface area contributed by atoms with E-state index in [1.807, 2.05) is 12.1 Å². The molecule has 6 heteroatoms. The second-order valence-electron chi connectivity index (χ2n) is 23.4. The third kappa shape index (κ3) is 6.17. The second kappa shape index (κ2) is 13.9. The maximum atomic E-state index is 5.39. The number of nitrogens with zero attached hydrogens (tertiary/aromatic N) is 5. The van der Waals surface area contributed by atoms with Gasteiger partial charge in [-0.2, -0.15) is 0 Å². The topological polar surface area (TPSA) is 48.5 Å². The third-order valence-corrected chi connectivity index (χ3v) is 14.7. The molecule has 0 saturated carbocycles. The average molecular weight is 872 g/mol. The fourth-order valence-corrected chi connectivity index (χ4v) is 11.3. The van der Waals surface area contributed by atoms with Crippen molar-refractivity contribution in [3.05, 3.63) is 156 Å². The Bertz CT molecular complexity index is 3480. The van der Waals surface area contributed by atoms with Gasteiger partial charge >= 0.3 is 0 Å². The van der Waals surface area contributed by atoms with E-state index in [0.717, 1.165) is 16.7 Å². The summed E-state index contributed by atoms with van der Waals surface area (Å²) < 4.78 is 5.25. The molecule has 2 aliphatic rings. The quantitative estimate of drug-likeness (QED) is 0.166. The van der Waals surface area contributed by atoms with Crippen LogP contribution in [0.2, 0.25) is 0 Å². The molecule has 0 atom stereocenters. The fourth-order valence-electron chi connectivity index (χ4n) is 11.3. The Morgan fingerprint density at radius 2 is 0.776 bits per heavy atom. The first-order chi connectivity index (χ1) is 31.8. The lowest BCUT2D eigenvalue weighted by atomic mass is 9.34. The molecule has 0 spiro atoms. The minimum atomic E-state index is -0.100. The van der Waals surface area contributed by atoms with Crippen LogP contribution in [0.1, 0.15) is 105 Å². The highest BCUT2D eigenvalue weighted by molar-refractivity contribution is 7.00. The van der Waals surface area contributed by atoms with E-state index in [0.29, 0.717) is 17.5 Å². The van der Waals surface area contributed by atoms with E-state index in [4.69, 9.17) is 15.0 Å². The van der Waals surface area contributed by atoms with Crippen molar-refractivity contribution in [2.75, 3.05) is 0 Å². The van der Waals surface area contributed by atoms with Crippen LogP contribution in [0.15, 0.2) is 133 Å². The number of aromatic nitrogens is 5. The van der Waals surface area contributed by atoms with Crippen LogP contribution >= 0.6 is 0 Å². The van der Waals surface area contributed by atoms with Gasteiger partial charge in [-0.25, -0.2) is 15.0 Å². The van der Waals surface area contributed by atoms with Crippen LogP contribution in [0, 0.1) is 0 Å². The van der Waals surface area contributed by atoms with Gasteiger partial charge in [-0.05, 0) is 84.6 Å². The zero-order valence-electron chi connectivity index (χ0n) is 41.0. The van der Waals surface area contributed by atoms with Crippen LogP contribution in [0.3, 0.4) is 0 Å². The van der Waals surface area contributed by atoms with E-state index >= 15 is 0 Å². The molecule has 12 rings (SSSR count). The maximum Gasteiger partial charge on any atom is 0.252 e. The number of hydrogen-bond donors (Lipinski definition) is 0. The Morgan fingerprint density at radius 1 is 0.388 bits per heavy atom. The molecule has 10 aromatic rings. The Balaban J connectivity index is 1.30. The highest BCUT2D eigenvalue weighted by Crippen LogP contribution is 2.47. The van der Waals surface area contributed by atoms with Gasteiger partial charge in [-0.15, -0.1) is 0 Å². The Hall–Kier alpha value is -6.79. The standard InChI is InChI=1S/C61H58BN5/c1-58(2,3)38-31-42(60(7,8)9)50-40-25-19-27-44-53(40)66(46(50)33-38)48-29-37(57-64-55(35-21-15-13-16-22-35)63-56(65-57)36-23-17-14-18-24-36)30-49-52(48)62(44)45-28-20-26-41-51-43(61(10,11)12)32-39(59(4,5)6)34-47(51)67(49)54(41)45/h13-34H,1-12H3. The monoisotopic (exact) mass is 871 g/mol. The molecule has 67 heavy (non-hydrogen) atoms. The molecule has 0 N–H and O–H groups in total. The SMILES string of the molecule is CC(C)(C)c1cc(C(C)(C)C)c2c3cccc4c3n(c2c1)-c1cc(-c2nc(-c3ccccc3)nc(-c3ccccc3)n2)cc2c1B4c1cccc3c4c(C(C)(C)C)cc(C(C)(C)C)cc4n-2c13. The smallest absolute Gasteiger partial charge is 0.252 e. The van der Waals surface area contributed by atoms with Gasteiger partial charge in [-0.1, -0.05) is 192 Å². The molecule has 330 valence electrons. The molecule has 7 aromatic carbocycles. The van der Waals surface area contributed by atoms with E-state index in [9.17, 15) is 0 Å². The summed E-state index contributed by atoms with van der Waals surface area (Å²) in [4.78, 5) is 15.9. The Kier molecular flexibility index (Phi) is 8.63. The van der Waals surface area contributed by atoms with E-state index in [1.165, 1.54) is 93.6 Å². The number of hydrogen-bond acceptors (Lipinski definition) is 3. The zero-order valence-corrected chi connectivity index (χ0v) is 41.0. The first-order valence-corrected chi connectivity index (χ1v) is 24.1. The summed E-state index contributed by atoms with van der Waals surface area (Å²) in [6, 6.07) is 49.6. The summed E-state index contributed by atoms with van der Waals surface area (Å²) in [6.45, 7) is 28.3.